The molecule has 0 saturated carbocycles. The van der Waals surface area contributed by atoms with Crippen LogP contribution in [-0.4, -0.2) is 28.5 Å². The van der Waals surface area contributed by atoms with Crippen LogP contribution in [0.2, 0.25) is 0 Å². The number of hydrogen-bond acceptors (Lipinski definition) is 3. The van der Waals surface area contributed by atoms with Gasteiger partial charge in [-0.3, -0.25) is 14.4 Å². The zero-order valence-electron chi connectivity index (χ0n) is 12.1. The predicted molar refractivity (Wildman–Crippen MR) is 74.8 cm³/mol. The number of aryl methyl sites for hydroxylation is 2. The Kier molecular flexibility index (Phi) is 5.07. The van der Waals surface area contributed by atoms with Crippen LogP contribution in [0.25, 0.3) is 0 Å². The molecule has 1 atom stereocenters. The highest BCUT2D eigenvalue weighted by molar-refractivity contribution is 5.95. The third-order valence-electron chi connectivity index (χ3n) is 3.20. The van der Waals surface area contributed by atoms with E-state index in [1.165, 1.54) is 0 Å². The molecule has 6 heteroatoms. The number of aromatic nitrogens is 1. The molecule has 20 heavy (non-hydrogen) atoms. The van der Waals surface area contributed by atoms with Crippen molar-refractivity contribution in [3.63, 3.8) is 0 Å². The zero-order chi connectivity index (χ0) is 15.4. The summed E-state index contributed by atoms with van der Waals surface area (Å²) in [7, 11) is 0. The average molecular weight is 280 g/mol. The lowest BCUT2D eigenvalue weighted by atomic mass is 9.96. The van der Waals surface area contributed by atoms with Crippen molar-refractivity contribution in [3.05, 3.63) is 33.2 Å². The van der Waals surface area contributed by atoms with Gasteiger partial charge in [0.1, 0.15) is 5.56 Å². The number of aromatic amines is 1. The quantitative estimate of drug-likeness (QED) is 0.751. The maximum Gasteiger partial charge on any atom is 0.308 e. The molecule has 1 heterocycles. The van der Waals surface area contributed by atoms with Crippen LogP contribution >= 0.6 is 0 Å². The van der Waals surface area contributed by atoms with E-state index in [0.29, 0.717) is 11.3 Å². The highest BCUT2D eigenvalue weighted by Gasteiger charge is 2.23. The van der Waals surface area contributed by atoms with Crippen LogP contribution in [0.5, 0.6) is 0 Å². The van der Waals surface area contributed by atoms with Crippen molar-refractivity contribution in [1.82, 2.24) is 10.3 Å². The van der Waals surface area contributed by atoms with Crippen molar-refractivity contribution in [2.45, 2.75) is 27.7 Å². The molecule has 1 rings (SSSR count). The smallest absolute Gasteiger partial charge is 0.308 e. The molecule has 1 unspecified atom stereocenters. The Balaban J connectivity index is 2.88. The van der Waals surface area contributed by atoms with E-state index in [2.05, 4.69) is 10.3 Å². The number of hydrogen-bond donors (Lipinski definition) is 3. The molecular formula is C14H20N2O4. The number of carbonyl (C=O) groups is 2. The van der Waals surface area contributed by atoms with Gasteiger partial charge in [-0.1, -0.05) is 13.8 Å². The monoisotopic (exact) mass is 280 g/mol. The lowest BCUT2D eigenvalue weighted by Crippen LogP contribution is -2.38. The second-order valence-corrected chi connectivity index (χ2v) is 5.24. The van der Waals surface area contributed by atoms with Crippen LogP contribution in [-0.2, 0) is 4.79 Å². The normalized spacial score (nSPS) is 12.2. The third kappa shape index (κ3) is 3.69. The lowest BCUT2D eigenvalue weighted by Gasteiger charge is -2.17. The minimum Gasteiger partial charge on any atom is -0.481 e. The van der Waals surface area contributed by atoms with Gasteiger partial charge in [0.05, 0.1) is 5.92 Å². The van der Waals surface area contributed by atoms with Gasteiger partial charge in [-0.05, 0) is 31.4 Å². The first kappa shape index (κ1) is 15.9. The molecule has 0 aromatic carbocycles. The van der Waals surface area contributed by atoms with Crippen molar-refractivity contribution < 1.29 is 14.7 Å². The van der Waals surface area contributed by atoms with Crippen molar-refractivity contribution in [1.29, 1.82) is 0 Å². The summed E-state index contributed by atoms with van der Waals surface area (Å²) in [5.41, 5.74) is 0.815. The molecule has 0 spiro atoms. The fraction of sp³-hybridized carbons (Fsp3) is 0.500. The van der Waals surface area contributed by atoms with Gasteiger partial charge in [-0.15, -0.1) is 0 Å². The number of rotatable bonds is 5. The summed E-state index contributed by atoms with van der Waals surface area (Å²) in [4.78, 5) is 37.4. The summed E-state index contributed by atoms with van der Waals surface area (Å²) in [6, 6.07) is 1.70. The molecule has 0 bridgehead atoms. The van der Waals surface area contributed by atoms with Gasteiger partial charge in [0.25, 0.3) is 11.5 Å². The van der Waals surface area contributed by atoms with E-state index in [9.17, 15) is 14.4 Å². The van der Waals surface area contributed by atoms with E-state index < -0.39 is 23.4 Å². The molecule has 0 aliphatic rings. The van der Waals surface area contributed by atoms with E-state index in [-0.39, 0.29) is 18.0 Å². The van der Waals surface area contributed by atoms with Crippen LogP contribution in [0.15, 0.2) is 10.9 Å². The van der Waals surface area contributed by atoms with Gasteiger partial charge < -0.3 is 15.4 Å². The molecule has 1 aromatic heterocycles. The summed E-state index contributed by atoms with van der Waals surface area (Å²) in [6.07, 6.45) is 0. The molecule has 110 valence electrons. The number of carboxylic acids is 1. The van der Waals surface area contributed by atoms with Crippen molar-refractivity contribution in [2.24, 2.45) is 11.8 Å². The van der Waals surface area contributed by atoms with Gasteiger partial charge >= 0.3 is 5.97 Å². The lowest BCUT2D eigenvalue weighted by molar-refractivity contribution is -0.142. The minimum atomic E-state index is -0.963. The molecule has 0 aliphatic carbocycles. The Bertz CT molecular complexity index is 575. The first-order valence-electron chi connectivity index (χ1n) is 6.45. The van der Waals surface area contributed by atoms with E-state index in [4.69, 9.17) is 5.11 Å². The largest absolute Gasteiger partial charge is 0.481 e. The minimum absolute atomic E-state index is 0.00140. The second-order valence-electron chi connectivity index (χ2n) is 5.24. The Hall–Kier alpha value is -2.11. The highest BCUT2D eigenvalue weighted by Crippen LogP contribution is 2.10. The van der Waals surface area contributed by atoms with E-state index >= 15 is 0 Å². The predicted octanol–water partition coefficient (Wildman–Crippen LogP) is 1.08. The standard InChI is InChI=1S/C14H20N2O4/c1-7(2)10(14(19)20)6-15-12(17)11-8(3)5-9(4)16-13(11)18/h5,7,10H,6H2,1-4H3,(H,15,17)(H,16,18)(H,19,20). The molecule has 0 saturated heterocycles. The molecule has 0 radical (unpaired) electrons. The number of aliphatic carboxylic acids is 1. The van der Waals surface area contributed by atoms with Crippen LogP contribution < -0.4 is 10.9 Å². The SMILES string of the molecule is Cc1cc(C)c(C(=O)NCC(C(=O)O)C(C)C)c(=O)[nH]1. The van der Waals surface area contributed by atoms with Crippen LogP contribution in [0.1, 0.15) is 35.5 Å². The number of carbonyl (C=O) groups excluding carboxylic acids is 1. The van der Waals surface area contributed by atoms with Gasteiger partial charge in [0.2, 0.25) is 0 Å². The Labute approximate surface area is 117 Å². The Morgan fingerprint density at radius 3 is 2.40 bits per heavy atom. The maximum absolute atomic E-state index is 12.0. The Morgan fingerprint density at radius 2 is 1.95 bits per heavy atom. The molecular weight excluding hydrogens is 260 g/mol. The van der Waals surface area contributed by atoms with Crippen molar-refractivity contribution >= 4 is 11.9 Å². The number of amides is 1. The topological polar surface area (TPSA) is 99.3 Å². The highest BCUT2D eigenvalue weighted by atomic mass is 16.4. The van der Waals surface area contributed by atoms with E-state index in [1.54, 1.807) is 33.8 Å². The molecule has 1 amide bonds. The summed E-state index contributed by atoms with van der Waals surface area (Å²) < 4.78 is 0. The molecule has 0 aliphatic heterocycles. The first-order chi connectivity index (χ1) is 9.23. The van der Waals surface area contributed by atoms with Crippen molar-refractivity contribution in [2.75, 3.05) is 6.54 Å². The van der Waals surface area contributed by atoms with Crippen LogP contribution in [0.4, 0.5) is 0 Å². The fourth-order valence-corrected chi connectivity index (χ4v) is 2.04. The third-order valence-corrected chi connectivity index (χ3v) is 3.20. The molecule has 1 aromatic rings. The number of nitrogens with one attached hydrogen (secondary N) is 2. The maximum atomic E-state index is 12.0. The van der Waals surface area contributed by atoms with Gasteiger partial charge in [-0.2, -0.15) is 0 Å². The van der Waals surface area contributed by atoms with Crippen LogP contribution in [0, 0.1) is 25.7 Å². The molecule has 6 nitrogen and oxygen atoms in total. The number of pyridine rings is 1. The van der Waals surface area contributed by atoms with Gasteiger partial charge in [-0.25, -0.2) is 0 Å². The summed E-state index contributed by atoms with van der Waals surface area (Å²) in [5.74, 6) is -2.29. The van der Waals surface area contributed by atoms with Gasteiger partial charge in [0, 0.05) is 12.2 Å². The Morgan fingerprint density at radius 1 is 1.35 bits per heavy atom. The number of H-pyrrole nitrogens is 1. The second kappa shape index (κ2) is 6.36. The summed E-state index contributed by atoms with van der Waals surface area (Å²) in [6.45, 7) is 6.95. The zero-order valence-corrected chi connectivity index (χ0v) is 12.1. The summed E-state index contributed by atoms with van der Waals surface area (Å²) in [5, 5.41) is 11.6. The summed E-state index contributed by atoms with van der Waals surface area (Å²) >= 11 is 0. The number of carboxylic acid groups (broad SMARTS) is 1. The van der Waals surface area contributed by atoms with Gasteiger partial charge in [0.15, 0.2) is 0 Å². The van der Waals surface area contributed by atoms with Crippen LogP contribution in [0.3, 0.4) is 0 Å². The fourth-order valence-electron chi connectivity index (χ4n) is 2.04. The van der Waals surface area contributed by atoms with E-state index in [0.717, 1.165) is 0 Å². The molecule has 0 fully saturated rings. The molecule has 3 N–H and O–H groups in total. The first-order valence-corrected chi connectivity index (χ1v) is 6.45. The van der Waals surface area contributed by atoms with Crippen molar-refractivity contribution in [3.8, 4) is 0 Å². The van der Waals surface area contributed by atoms with E-state index in [1.807, 2.05) is 0 Å². The average Bonchev–Trinajstić information content (AvgIpc) is 2.26.